The zero-order valence-corrected chi connectivity index (χ0v) is 16.1. The van der Waals surface area contributed by atoms with E-state index in [9.17, 15) is 9.90 Å². The van der Waals surface area contributed by atoms with Crippen molar-refractivity contribution in [3.8, 4) is 40.0 Å². The van der Waals surface area contributed by atoms with Crippen LogP contribution in [0.3, 0.4) is 0 Å². The predicted molar refractivity (Wildman–Crippen MR) is 105 cm³/mol. The number of aromatic carboxylic acids is 1. The van der Waals surface area contributed by atoms with Gasteiger partial charge in [0, 0.05) is 10.9 Å². The molecule has 0 bridgehead atoms. The molecule has 0 fully saturated rings. The SMILES string of the molecule is COc1cc(-c2nc(C(=O)O)cc3cc4c(cc23)OCCO4)cc(OC)c1OC. The van der Waals surface area contributed by atoms with Gasteiger partial charge in [0.15, 0.2) is 23.0 Å². The van der Waals surface area contributed by atoms with Gasteiger partial charge in [-0.05, 0) is 35.7 Å². The van der Waals surface area contributed by atoms with Crippen molar-refractivity contribution in [1.82, 2.24) is 4.98 Å². The van der Waals surface area contributed by atoms with Crippen molar-refractivity contribution in [3.05, 3.63) is 36.0 Å². The normalized spacial score (nSPS) is 12.5. The quantitative estimate of drug-likeness (QED) is 0.700. The number of benzene rings is 2. The first-order valence-electron chi connectivity index (χ1n) is 8.83. The zero-order chi connectivity index (χ0) is 20.5. The van der Waals surface area contributed by atoms with E-state index in [0.717, 1.165) is 0 Å². The van der Waals surface area contributed by atoms with Crippen molar-refractivity contribution in [2.45, 2.75) is 0 Å². The molecular weight excluding hydrogens is 378 g/mol. The fraction of sp³-hybridized carbons (Fsp3) is 0.238. The molecule has 0 spiro atoms. The maximum absolute atomic E-state index is 11.7. The summed E-state index contributed by atoms with van der Waals surface area (Å²) in [5.74, 6) is 1.34. The van der Waals surface area contributed by atoms with Crippen molar-refractivity contribution in [1.29, 1.82) is 0 Å². The van der Waals surface area contributed by atoms with Crippen molar-refractivity contribution >= 4 is 16.7 Å². The van der Waals surface area contributed by atoms with Crippen LogP contribution in [-0.4, -0.2) is 50.6 Å². The Hall–Kier alpha value is -3.68. The Morgan fingerprint density at radius 1 is 0.931 bits per heavy atom. The van der Waals surface area contributed by atoms with Gasteiger partial charge in [0.1, 0.15) is 18.9 Å². The van der Waals surface area contributed by atoms with Gasteiger partial charge in [-0.1, -0.05) is 0 Å². The number of nitrogens with zero attached hydrogens (tertiary/aromatic N) is 1. The zero-order valence-electron chi connectivity index (χ0n) is 16.1. The predicted octanol–water partition coefficient (Wildman–Crippen LogP) is 3.40. The monoisotopic (exact) mass is 397 g/mol. The minimum Gasteiger partial charge on any atom is -0.493 e. The number of fused-ring (bicyclic) bond motifs is 2. The molecule has 1 aliphatic heterocycles. The van der Waals surface area contributed by atoms with Crippen LogP contribution in [0.15, 0.2) is 30.3 Å². The molecule has 4 rings (SSSR count). The Kier molecular flexibility index (Phi) is 4.75. The minimum atomic E-state index is -1.13. The van der Waals surface area contributed by atoms with E-state index in [0.29, 0.717) is 64.0 Å². The highest BCUT2D eigenvalue weighted by atomic mass is 16.6. The van der Waals surface area contributed by atoms with Crippen LogP contribution in [0.1, 0.15) is 10.5 Å². The summed E-state index contributed by atoms with van der Waals surface area (Å²) in [6.45, 7) is 0.883. The lowest BCUT2D eigenvalue weighted by Gasteiger charge is -2.20. The minimum absolute atomic E-state index is 0.0853. The molecule has 1 aliphatic rings. The smallest absolute Gasteiger partial charge is 0.354 e. The molecule has 0 saturated heterocycles. The molecular formula is C21H19NO7. The Bertz CT molecular complexity index is 1080. The highest BCUT2D eigenvalue weighted by Gasteiger charge is 2.21. The fourth-order valence-electron chi connectivity index (χ4n) is 3.34. The maximum atomic E-state index is 11.7. The van der Waals surface area contributed by atoms with Gasteiger partial charge in [0.2, 0.25) is 5.75 Å². The van der Waals surface area contributed by atoms with E-state index >= 15 is 0 Å². The number of aromatic nitrogens is 1. The van der Waals surface area contributed by atoms with Crippen molar-refractivity contribution in [3.63, 3.8) is 0 Å². The van der Waals surface area contributed by atoms with Crippen LogP contribution in [0.4, 0.5) is 0 Å². The van der Waals surface area contributed by atoms with Gasteiger partial charge in [0.05, 0.1) is 27.0 Å². The summed E-state index contributed by atoms with van der Waals surface area (Å²) in [5.41, 5.74) is 0.985. The van der Waals surface area contributed by atoms with E-state index in [1.165, 1.54) is 27.4 Å². The van der Waals surface area contributed by atoms with Crippen LogP contribution in [0.25, 0.3) is 22.0 Å². The summed E-state index contributed by atoms with van der Waals surface area (Å²) in [5, 5.41) is 10.9. The summed E-state index contributed by atoms with van der Waals surface area (Å²) >= 11 is 0. The average Bonchev–Trinajstić information content (AvgIpc) is 2.75. The highest BCUT2D eigenvalue weighted by molar-refractivity contribution is 6.01. The molecule has 3 aromatic rings. The second-order valence-corrected chi connectivity index (χ2v) is 6.29. The summed E-state index contributed by atoms with van der Waals surface area (Å²) in [6.07, 6.45) is 0. The standard InChI is InChI=1S/C21H19NO7/c1-25-17-8-12(9-18(26-2)20(17)27-3)19-13-10-16-15(28-4-5-29-16)7-11(13)6-14(22-19)21(23)24/h6-10H,4-5H2,1-3H3,(H,23,24). The topological polar surface area (TPSA) is 96.3 Å². The molecule has 2 heterocycles. The summed E-state index contributed by atoms with van der Waals surface area (Å²) in [6, 6.07) is 8.54. The molecule has 0 radical (unpaired) electrons. The molecule has 150 valence electrons. The average molecular weight is 397 g/mol. The van der Waals surface area contributed by atoms with Crippen LogP contribution in [0.2, 0.25) is 0 Å². The third kappa shape index (κ3) is 3.22. The summed E-state index contributed by atoms with van der Waals surface area (Å²) in [4.78, 5) is 16.1. The van der Waals surface area contributed by atoms with Crippen LogP contribution in [-0.2, 0) is 0 Å². The molecule has 0 atom stereocenters. The van der Waals surface area contributed by atoms with Gasteiger partial charge < -0.3 is 28.8 Å². The fourth-order valence-corrected chi connectivity index (χ4v) is 3.34. The van der Waals surface area contributed by atoms with E-state index < -0.39 is 5.97 Å². The molecule has 8 nitrogen and oxygen atoms in total. The third-order valence-corrected chi connectivity index (χ3v) is 4.65. The number of carbonyl (C=O) groups is 1. The van der Waals surface area contributed by atoms with Crippen molar-refractivity contribution in [2.75, 3.05) is 34.5 Å². The van der Waals surface area contributed by atoms with Gasteiger partial charge in [-0.25, -0.2) is 9.78 Å². The number of pyridine rings is 1. The molecule has 0 unspecified atom stereocenters. The molecule has 0 saturated carbocycles. The molecule has 29 heavy (non-hydrogen) atoms. The number of carboxylic acids is 1. The van der Waals surface area contributed by atoms with Crippen molar-refractivity contribution < 1.29 is 33.6 Å². The van der Waals surface area contributed by atoms with Gasteiger partial charge >= 0.3 is 5.97 Å². The summed E-state index contributed by atoms with van der Waals surface area (Å²) in [7, 11) is 4.55. The van der Waals surface area contributed by atoms with Gasteiger partial charge in [-0.3, -0.25) is 0 Å². The largest absolute Gasteiger partial charge is 0.493 e. The Morgan fingerprint density at radius 3 is 2.10 bits per heavy atom. The van der Waals surface area contributed by atoms with Gasteiger partial charge in [0.25, 0.3) is 0 Å². The number of methoxy groups -OCH3 is 3. The third-order valence-electron chi connectivity index (χ3n) is 4.65. The first-order valence-corrected chi connectivity index (χ1v) is 8.83. The lowest BCUT2D eigenvalue weighted by molar-refractivity contribution is 0.0691. The molecule has 1 N–H and O–H groups in total. The van der Waals surface area contributed by atoms with Crippen LogP contribution >= 0.6 is 0 Å². The molecule has 1 aromatic heterocycles. The van der Waals surface area contributed by atoms with E-state index in [2.05, 4.69) is 4.98 Å². The Morgan fingerprint density at radius 2 is 1.55 bits per heavy atom. The lowest BCUT2D eigenvalue weighted by atomic mass is 10.0. The van der Waals surface area contributed by atoms with E-state index in [1.807, 2.05) is 0 Å². The maximum Gasteiger partial charge on any atom is 0.354 e. The number of hydrogen-bond donors (Lipinski definition) is 1. The van der Waals surface area contributed by atoms with E-state index in [4.69, 9.17) is 23.7 Å². The van der Waals surface area contributed by atoms with Gasteiger partial charge in [-0.15, -0.1) is 0 Å². The second kappa shape index (κ2) is 7.38. The first-order chi connectivity index (χ1) is 14.0. The van der Waals surface area contributed by atoms with E-state index in [-0.39, 0.29) is 5.69 Å². The number of rotatable bonds is 5. The number of carboxylic acid groups (broad SMARTS) is 1. The van der Waals surface area contributed by atoms with Crippen LogP contribution in [0.5, 0.6) is 28.7 Å². The van der Waals surface area contributed by atoms with Gasteiger partial charge in [-0.2, -0.15) is 0 Å². The lowest BCUT2D eigenvalue weighted by Crippen LogP contribution is -2.15. The molecule has 8 heteroatoms. The van der Waals surface area contributed by atoms with Crippen LogP contribution < -0.4 is 23.7 Å². The number of hydrogen-bond acceptors (Lipinski definition) is 7. The molecule has 2 aromatic carbocycles. The molecule has 0 amide bonds. The second-order valence-electron chi connectivity index (χ2n) is 6.29. The number of ether oxygens (including phenoxy) is 5. The Labute approximate surface area is 166 Å². The highest BCUT2D eigenvalue weighted by Crippen LogP contribution is 2.44. The summed E-state index contributed by atoms with van der Waals surface area (Å²) < 4.78 is 27.5. The molecule has 0 aliphatic carbocycles. The first kappa shape index (κ1) is 18.7. The van der Waals surface area contributed by atoms with Crippen LogP contribution in [0, 0.1) is 0 Å². The van der Waals surface area contributed by atoms with Crippen molar-refractivity contribution in [2.24, 2.45) is 0 Å². The Balaban J connectivity index is 2.03. The van der Waals surface area contributed by atoms with E-state index in [1.54, 1.807) is 24.3 Å².